The average molecular weight is 257 g/mol. The zero-order chi connectivity index (χ0) is 14.3. The van der Waals surface area contributed by atoms with Crippen LogP contribution < -0.4 is 0 Å². The van der Waals surface area contributed by atoms with Gasteiger partial charge in [0.25, 0.3) is 0 Å². The van der Waals surface area contributed by atoms with Crippen molar-refractivity contribution in [2.75, 3.05) is 6.61 Å². The van der Waals surface area contributed by atoms with Crippen LogP contribution in [0.3, 0.4) is 0 Å². The smallest absolute Gasteiger partial charge is 0.417 e. The van der Waals surface area contributed by atoms with Gasteiger partial charge in [-0.3, -0.25) is 4.90 Å². The van der Waals surface area contributed by atoms with Gasteiger partial charge >= 0.3 is 18.0 Å². The van der Waals surface area contributed by atoms with Gasteiger partial charge in [0.05, 0.1) is 17.8 Å². The highest BCUT2D eigenvalue weighted by Crippen LogP contribution is 2.05. The minimum absolute atomic E-state index is 0.0925. The third-order valence-electron chi connectivity index (χ3n) is 1.82. The molecule has 1 amide bonds. The van der Waals surface area contributed by atoms with Crippen LogP contribution in [0.4, 0.5) is 4.79 Å². The quantitative estimate of drug-likeness (QED) is 0.722. The van der Waals surface area contributed by atoms with E-state index in [4.69, 9.17) is 10.2 Å². The van der Waals surface area contributed by atoms with Crippen molar-refractivity contribution >= 4 is 18.0 Å². The van der Waals surface area contributed by atoms with E-state index in [9.17, 15) is 14.4 Å². The molecule has 0 fully saturated rings. The van der Waals surface area contributed by atoms with Gasteiger partial charge in [-0.2, -0.15) is 0 Å². The Kier molecular flexibility index (Phi) is 6.19. The summed E-state index contributed by atoms with van der Waals surface area (Å²) in [4.78, 5) is 33.6. The van der Waals surface area contributed by atoms with E-state index in [2.05, 4.69) is 4.74 Å². The number of carboxylic acids is 2. The predicted octanol–water partition coefficient (Wildman–Crippen LogP) is 1.42. The SMILES string of the molecule is CCOC(=O)N(/C=C(/C)C(=O)O)/C=C(\C)C(=O)O. The fourth-order valence-electron chi connectivity index (χ4n) is 0.868. The Bertz CT molecular complexity index is 380. The predicted molar refractivity (Wildman–Crippen MR) is 61.6 cm³/mol. The Balaban J connectivity index is 5.25. The standard InChI is InChI=1S/C11H15NO6/c1-4-18-11(17)12(5-7(2)9(13)14)6-8(3)10(15)16/h5-6H,4H2,1-3H3,(H,13,14)(H,15,16)/b7-5-,8-6+. The van der Waals surface area contributed by atoms with Gasteiger partial charge in [0, 0.05) is 12.4 Å². The highest BCUT2D eigenvalue weighted by atomic mass is 16.6. The van der Waals surface area contributed by atoms with E-state index in [1.165, 1.54) is 13.8 Å². The number of hydrogen-bond acceptors (Lipinski definition) is 4. The normalized spacial score (nSPS) is 11.9. The fourth-order valence-corrected chi connectivity index (χ4v) is 0.868. The maximum atomic E-state index is 11.5. The second kappa shape index (κ2) is 7.10. The van der Waals surface area contributed by atoms with Gasteiger partial charge in [-0.25, -0.2) is 14.4 Å². The second-order valence-corrected chi connectivity index (χ2v) is 3.34. The Morgan fingerprint density at radius 2 is 1.44 bits per heavy atom. The number of carboxylic acid groups (broad SMARTS) is 2. The molecule has 0 aromatic heterocycles. The monoisotopic (exact) mass is 257 g/mol. The number of rotatable bonds is 5. The summed E-state index contributed by atoms with van der Waals surface area (Å²) in [5.74, 6) is -2.43. The third kappa shape index (κ3) is 5.15. The van der Waals surface area contributed by atoms with E-state index in [1.807, 2.05) is 0 Å². The molecule has 0 aliphatic heterocycles. The molecule has 0 aliphatic carbocycles. The van der Waals surface area contributed by atoms with Crippen molar-refractivity contribution < 1.29 is 29.3 Å². The Hall–Kier alpha value is -2.31. The first kappa shape index (κ1) is 15.7. The van der Waals surface area contributed by atoms with Crippen LogP contribution in [0.15, 0.2) is 23.5 Å². The first-order valence-corrected chi connectivity index (χ1v) is 5.08. The zero-order valence-corrected chi connectivity index (χ0v) is 10.3. The van der Waals surface area contributed by atoms with Crippen molar-refractivity contribution in [2.45, 2.75) is 20.8 Å². The molecule has 2 N–H and O–H groups in total. The molecule has 7 heteroatoms. The molecule has 100 valence electrons. The van der Waals surface area contributed by atoms with Crippen molar-refractivity contribution in [3.8, 4) is 0 Å². The van der Waals surface area contributed by atoms with Crippen LogP contribution in [-0.2, 0) is 14.3 Å². The van der Waals surface area contributed by atoms with Gasteiger partial charge in [-0.05, 0) is 20.8 Å². The van der Waals surface area contributed by atoms with Crippen LogP contribution in [0, 0.1) is 0 Å². The number of nitrogens with zero attached hydrogens (tertiary/aromatic N) is 1. The minimum atomic E-state index is -1.22. The molecule has 0 bridgehead atoms. The summed E-state index contributed by atoms with van der Waals surface area (Å²) in [5, 5.41) is 17.4. The average Bonchev–Trinajstić information content (AvgIpc) is 2.27. The Labute approximate surface area is 104 Å². The molecule has 0 unspecified atom stereocenters. The van der Waals surface area contributed by atoms with E-state index in [0.29, 0.717) is 0 Å². The Morgan fingerprint density at radius 1 is 1.06 bits per heavy atom. The lowest BCUT2D eigenvalue weighted by molar-refractivity contribution is -0.133. The van der Waals surface area contributed by atoms with Gasteiger partial charge in [0.15, 0.2) is 0 Å². The zero-order valence-electron chi connectivity index (χ0n) is 10.3. The molecule has 0 heterocycles. The van der Waals surface area contributed by atoms with Crippen molar-refractivity contribution in [3.05, 3.63) is 23.5 Å². The second-order valence-electron chi connectivity index (χ2n) is 3.34. The van der Waals surface area contributed by atoms with Gasteiger partial charge in [0.1, 0.15) is 0 Å². The highest BCUT2D eigenvalue weighted by Gasteiger charge is 2.14. The Morgan fingerprint density at radius 3 is 1.72 bits per heavy atom. The number of amides is 1. The summed E-state index contributed by atoms with van der Waals surface area (Å²) >= 11 is 0. The van der Waals surface area contributed by atoms with Gasteiger partial charge in [-0.1, -0.05) is 0 Å². The number of ether oxygens (including phenoxy) is 1. The van der Waals surface area contributed by atoms with E-state index < -0.39 is 18.0 Å². The van der Waals surface area contributed by atoms with E-state index >= 15 is 0 Å². The summed E-state index contributed by atoms with van der Waals surface area (Å²) in [6.45, 7) is 4.23. The highest BCUT2D eigenvalue weighted by molar-refractivity contribution is 5.88. The molecule has 0 spiro atoms. The third-order valence-corrected chi connectivity index (χ3v) is 1.82. The van der Waals surface area contributed by atoms with Crippen molar-refractivity contribution in [2.24, 2.45) is 0 Å². The van der Waals surface area contributed by atoms with Crippen LogP contribution in [-0.4, -0.2) is 39.8 Å². The molecular formula is C11H15NO6. The summed E-state index contributed by atoms with van der Waals surface area (Å²) in [6, 6.07) is 0. The lowest BCUT2D eigenvalue weighted by atomic mass is 10.3. The van der Waals surface area contributed by atoms with Crippen LogP contribution in [0.5, 0.6) is 0 Å². The van der Waals surface area contributed by atoms with Crippen LogP contribution >= 0.6 is 0 Å². The van der Waals surface area contributed by atoms with Gasteiger partial charge in [0.2, 0.25) is 0 Å². The fraction of sp³-hybridized carbons (Fsp3) is 0.364. The molecular weight excluding hydrogens is 242 g/mol. The minimum Gasteiger partial charge on any atom is -0.478 e. The van der Waals surface area contributed by atoms with E-state index in [1.54, 1.807) is 6.92 Å². The summed E-state index contributed by atoms with van der Waals surface area (Å²) in [7, 11) is 0. The topological polar surface area (TPSA) is 104 Å². The maximum Gasteiger partial charge on any atom is 0.417 e. The lowest BCUT2D eigenvalue weighted by Crippen LogP contribution is -2.23. The molecule has 0 radical (unpaired) electrons. The molecule has 0 aliphatic rings. The molecule has 0 saturated heterocycles. The lowest BCUT2D eigenvalue weighted by Gasteiger charge is -2.14. The molecule has 18 heavy (non-hydrogen) atoms. The summed E-state index contributed by atoms with van der Waals surface area (Å²) in [5.41, 5.74) is -0.255. The number of carbonyl (C=O) groups is 3. The molecule has 0 aromatic rings. The first-order chi connectivity index (χ1) is 8.29. The largest absolute Gasteiger partial charge is 0.478 e. The van der Waals surface area contributed by atoms with Crippen LogP contribution in [0.25, 0.3) is 0 Å². The number of carbonyl (C=O) groups excluding carboxylic acids is 1. The van der Waals surface area contributed by atoms with Crippen LogP contribution in [0.1, 0.15) is 20.8 Å². The molecule has 0 rings (SSSR count). The van der Waals surface area contributed by atoms with Crippen LogP contribution in [0.2, 0.25) is 0 Å². The summed E-state index contributed by atoms with van der Waals surface area (Å²) in [6.07, 6.45) is 1.14. The molecule has 7 nitrogen and oxygen atoms in total. The van der Waals surface area contributed by atoms with E-state index in [0.717, 1.165) is 17.3 Å². The van der Waals surface area contributed by atoms with Gasteiger partial charge in [-0.15, -0.1) is 0 Å². The maximum absolute atomic E-state index is 11.5. The number of hydrogen-bond donors (Lipinski definition) is 2. The molecule has 0 aromatic carbocycles. The van der Waals surface area contributed by atoms with Crippen molar-refractivity contribution in [3.63, 3.8) is 0 Å². The number of aliphatic carboxylic acids is 2. The molecule has 0 saturated carbocycles. The molecule has 0 atom stereocenters. The van der Waals surface area contributed by atoms with E-state index in [-0.39, 0.29) is 17.8 Å². The van der Waals surface area contributed by atoms with Crippen molar-refractivity contribution in [1.82, 2.24) is 4.90 Å². The summed E-state index contributed by atoms with van der Waals surface area (Å²) < 4.78 is 4.68. The van der Waals surface area contributed by atoms with Gasteiger partial charge < -0.3 is 14.9 Å². The van der Waals surface area contributed by atoms with Crippen molar-refractivity contribution in [1.29, 1.82) is 0 Å². The first-order valence-electron chi connectivity index (χ1n) is 5.08.